The van der Waals surface area contributed by atoms with Crippen molar-refractivity contribution in [1.29, 1.82) is 0 Å². The number of hydrogen-bond donors (Lipinski definition) is 2. The lowest BCUT2D eigenvalue weighted by atomic mass is 10.0. The van der Waals surface area contributed by atoms with Gasteiger partial charge in [-0.15, -0.1) is 0 Å². The zero-order chi connectivity index (χ0) is 22.0. The van der Waals surface area contributed by atoms with Gasteiger partial charge < -0.3 is 9.72 Å². The minimum absolute atomic E-state index is 0.0138. The monoisotopic (exact) mass is 421 g/mol. The van der Waals surface area contributed by atoms with Crippen molar-refractivity contribution in [2.24, 2.45) is 0 Å². The molecule has 0 saturated heterocycles. The summed E-state index contributed by atoms with van der Waals surface area (Å²) in [5, 5.41) is 2.41. The van der Waals surface area contributed by atoms with Crippen LogP contribution in [0.4, 0.5) is 19.3 Å². The number of amides is 1. The minimum atomic E-state index is -1.30. The van der Waals surface area contributed by atoms with Crippen molar-refractivity contribution in [3.8, 4) is 0 Å². The number of hydrogen-bond acceptors (Lipinski definition) is 5. The van der Waals surface area contributed by atoms with Gasteiger partial charge in [0.1, 0.15) is 11.5 Å². The number of anilines is 1. The number of fused-ring (bicyclic) bond motifs is 1. The molecule has 0 spiro atoms. The van der Waals surface area contributed by atoms with Crippen molar-refractivity contribution in [2.45, 2.75) is 0 Å². The minimum Gasteiger partial charge on any atom is -0.372 e. The predicted molar refractivity (Wildman–Crippen MR) is 107 cm³/mol. The number of esters is 1. The molecule has 1 amide bonds. The number of aromatic nitrogens is 2. The molecule has 0 aliphatic rings. The smallest absolute Gasteiger partial charge is 0.372 e. The van der Waals surface area contributed by atoms with Crippen LogP contribution in [0.3, 0.4) is 0 Å². The third-order valence-electron chi connectivity index (χ3n) is 4.45. The molecule has 7 nitrogen and oxygen atoms in total. The fraction of sp³-hybridized carbons (Fsp3) is 0. The van der Waals surface area contributed by atoms with Gasteiger partial charge in [-0.2, -0.15) is 0 Å². The Balaban J connectivity index is 1.60. The summed E-state index contributed by atoms with van der Waals surface area (Å²) in [5.41, 5.74) is -0.879. The maximum atomic E-state index is 15.0. The summed E-state index contributed by atoms with van der Waals surface area (Å²) in [6.07, 6.45) is 1.52. The number of nitrogens with one attached hydrogen (secondary N) is 2. The first kappa shape index (κ1) is 19.9. The van der Waals surface area contributed by atoms with Crippen LogP contribution in [-0.4, -0.2) is 27.8 Å². The van der Waals surface area contributed by atoms with Crippen molar-refractivity contribution < 1.29 is 27.9 Å². The fourth-order valence-electron chi connectivity index (χ4n) is 2.99. The number of rotatable bonds is 4. The number of pyridine rings is 1. The fourth-order valence-corrected chi connectivity index (χ4v) is 2.99. The quantitative estimate of drug-likeness (QED) is 0.288. The molecule has 4 aromatic rings. The molecular formula is C22H13F2N3O4. The highest BCUT2D eigenvalue weighted by Gasteiger charge is 2.25. The normalized spacial score (nSPS) is 10.6. The average Bonchev–Trinajstić information content (AvgIpc) is 3.20. The van der Waals surface area contributed by atoms with E-state index >= 15 is 0 Å². The first-order valence-corrected chi connectivity index (χ1v) is 8.98. The van der Waals surface area contributed by atoms with Gasteiger partial charge in [0.2, 0.25) is 5.78 Å². The van der Waals surface area contributed by atoms with Crippen LogP contribution in [0, 0.1) is 11.6 Å². The highest BCUT2D eigenvalue weighted by Crippen LogP contribution is 2.26. The molecule has 9 heteroatoms. The second-order valence-corrected chi connectivity index (χ2v) is 6.38. The number of ketones is 1. The number of carbonyl (C=O) groups is 3. The van der Waals surface area contributed by atoms with E-state index in [1.165, 1.54) is 24.5 Å². The first-order chi connectivity index (χ1) is 15.0. The van der Waals surface area contributed by atoms with E-state index in [9.17, 15) is 23.2 Å². The van der Waals surface area contributed by atoms with E-state index < -0.39 is 40.7 Å². The van der Waals surface area contributed by atoms with E-state index in [4.69, 9.17) is 0 Å². The number of aromatic amines is 1. The summed E-state index contributed by atoms with van der Waals surface area (Å²) in [4.78, 5) is 43.6. The Labute approximate surface area is 173 Å². The van der Waals surface area contributed by atoms with Crippen LogP contribution in [-0.2, 0) is 4.74 Å². The lowest BCUT2D eigenvalue weighted by molar-refractivity contribution is 0.0644. The van der Waals surface area contributed by atoms with Crippen LogP contribution in [0.25, 0.3) is 11.0 Å². The van der Waals surface area contributed by atoms with Gasteiger partial charge in [-0.3, -0.25) is 10.1 Å². The van der Waals surface area contributed by atoms with Crippen LogP contribution in [0.2, 0.25) is 0 Å². The van der Waals surface area contributed by atoms with Crippen LogP contribution >= 0.6 is 0 Å². The van der Waals surface area contributed by atoms with Crippen LogP contribution in [0.5, 0.6) is 0 Å². The first-order valence-electron chi connectivity index (χ1n) is 8.98. The largest absolute Gasteiger partial charge is 0.419 e. The maximum Gasteiger partial charge on any atom is 0.419 e. The summed E-state index contributed by atoms with van der Waals surface area (Å²) in [6, 6.07) is 12.6. The third kappa shape index (κ3) is 3.88. The van der Waals surface area contributed by atoms with Gasteiger partial charge in [0.15, 0.2) is 5.82 Å². The molecule has 0 bridgehead atoms. The van der Waals surface area contributed by atoms with Crippen molar-refractivity contribution >= 4 is 34.6 Å². The Hall–Kier alpha value is -4.40. The van der Waals surface area contributed by atoms with E-state index in [2.05, 4.69) is 14.7 Å². The van der Waals surface area contributed by atoms with Gasteiger partial charge in [-0.05, 0) is 36.4 Å². The average molecular weight is 421 g/mol. The van der Waals surface area contributed by atoms with E-state index in [1.54, 1.807) is 30.3 Å². The molecule has 2 N–H and O–H groups in total. The van der Waals surface area contributed by atoms with E-state index in [0.717, 1.165) is 12.1 Å². The number of nitrogens with zero attached hydrogens (tertiary/aromatic N) is 1. The standard InChI is InChI=1S/C22H13F2N3O4/c23-15-8-9-16(27-22(30)31-21(29)12-5-2-1-3-6-12)18(24)17(15)19(28)14-11-26-20-13(14)7-4-10-25-20/h1-11H,(H,25,26)(H,27,30). The number of H-pyrrole nitrogens is 1. The zero-order valence-electron chi connectivity index (χ0n) is 15.7. The van der Waals surface area contributed by atoms with Crippen LogP contribution < -0.4 is 5.32 Å². The Morgan fingerprint density at radius 3 is 2.52 bits per heavy atom. The maximum absolute atomic E-state index is 15.0. The van der Waals surface area contributed by atoms with Crippen LogP contribution in [0.15, 0.2) is 67.0 Å². The summed E-state index contributed by atoms with van der Waals surface area (Å²) in [5.74, 6) is -4.30. The van der Waals surface area contributed by atoms with Gasteiger partial charge >= 0.3 is 12.1 Å². The van der Waals surface area contributed by atoms with Crippen molar-refractivity contribution in [3.05, 3.63) is 95.3 Å². The molecule has 2 aromatic carbocycles. The molecule has 31 heavy (non-hydrogen) atoms. The molecule has 154 valence electrons. The highest BCUT2D eigenvalue weighted by atomic mass is 19.1. The predicted octanol–water partition coefficient (Wildman–Crippen LogP) is 4.46. The molecule has 0 unspecified atom stereocenters. The molecule has 0 aliphatic carbocycles. The van der Waals surface area contributed by atoms with Crippen LogP contribution in [0.1, 0.15) is 26.3 Å². The number of ether oxygens (including phenoxy) is 1. The van der Waals surface area contributed by atoms with Gasteiger partial charge in [0.25, 0.3) is 0 Å². The second kappa shape index (κ2) is 8.15. The number of carbonyl (C=O) groups excluding carboxylic acids is 3. The summed E-state index contributed by atoms with van der Waals surface area (Å²) < 4.78 is 33.9. The second-order valence-electron chi connectivity index (χ2n) is 6.38. The highest BCUT2D eigenvalue weighted by molar-refractivity contribution is 6.16. The van der Waals surface area contributed by atoms with Gasteiger partial charge in [0.05, 0.1) is 16.8 Å². The van der Waals surface area contributed by atoms with Crippen molar-refractivity contribution in [2.75, 3.05) is 5.32 Å². The third-order valence-corrected chi connectivity index (χ3v) is 4.45. The summed E-state index contributed by atoms with van der Waals surface area (Å²) in [7, 11) is 0. The van der Waals surface area contributed by atoms with Gasteiger partial charge in [-0.25, -0.2) is 23.4 Å². The summed E-state index contributed by atoms with van der Waals surface area (Å²) in [6.45, 7) is 0. The Morgan fingerprint density at radius 2 is 1.74 bits per heavy atom. The molecule has 0 radical (unpaired) electrons. The number of benzene rings is 2. The lowest BCUT2D eigenvalue weighted by Gasteiger charge is -2.10. The zero-order valence-corrected chi connectivity index (χ0v) is 15.7. The molecule has 4 rings (SSSR count). The molecule has 2 aromatic heterocycles. The van der Waals surface area contributed by atoms with Crippen molar-refractivity contribution in [1.82, 2.24) is 9.97 Å². The Morgan fingerprint density at radius 1 is 0.968 bits per heavy atom. The van der Waals surface area contributed by atoms with E-state index in [1.807, 2.05) is 5.32 Å². The molecule has 0 saturated carbocycles. The molecule has 0 fully saturated rings. The van der Waals surface area contributed by atoms with E-state index in [0.29, 0.717) is 11.0 Å². The number of halogens is 2. The Kier molecular flexibility index (Phi) is 5.23. The lowest BCUT2D eigenvalue weighted by Crippen LogP contribution is -2.20. The molecule has 2 heterocycles. The molecule has 0 aliphatic heterocycles. The van der Waals surface area contributed by atoms with Gasteiger partial charge in [-0.1, -0.05) is 18.2 Å². The SMILES string of the molecule is O=C(Nc1ccc(F)c(C(=O)c2c[nH]c3ncccc23)c1F)OC(=O)c1ccccc1. The molecular weight excluding hydrogens is 408 g/mol. The van der Waals surface area contributed by atoms with Gasteiger partial charge in [0, 0.05) is 23.3 Å². The summed E-state index contributed by atoms with van der Waals surface area (Å²) >= 11 is 0. The van der Waals surface area contributed by atoms with E-state index in [-0.39, 0.29) is 11.1 Å². The molecule has 0 atom stereocenters. The Bertz CT molecular complexity index is 1320. The topological polar surface area (TPSA) is 101 Å². The van der Waals surface area contributed by atoms with Crippen molar-refractivity contribution in [3.63, 3.8) is 0 Å².